The van der Waals surface area contributed by atoms with Gasteiger partial charge in [-0.05, 0) is 25.1 Å². The molecule has 1 atom stereocenters. The molecule has 0 saturated carbocycles. The van der Waals surface area contributed by atoms with Gasteiger partial charge in [-0.3, -0.25) is 9.79 Å². The van der Waals surface area contributed by atoms with Crippen molar-refractivity contribution in [2.75, 3.05) is 17.3 Å². The summed E-state index contributed by atoms with van der Waals surface area (Å²) in [4.78, 5) is 22.1. The minimum atomic E-state index is -4.76. The van der Waals surface area contributed by atoms with Gasteiger partial charge in [0.05, 0.1) is 11.3 Å². The molecule has 0 aliphatic carbocycles. The highest BCUT2D eigenvalue weighted by molar-refractivity contribution is 6.03. The molecule has 6 nitrogen and oxygen atoms in total. The van der Waals surface area contributed by atoms with E-state index in [9.17, 15) is 27.6 Å². The SMILES string of the molecule is Cc1cc(C(F)(F)F)c(C#N)c(N[C@H]2CC=Nc3c(F)cccc3N(C)C2=O)n1. The predicted octanol–water partition coefficient (Wildman–Crippen LogP) is 3.97. The van der Waals surface area contributed by atoms with Crippen molar-refractivity contribution in [3.05, 3.63) is 46.9 Å². The summed E-state index contributed by atoms with van der Waals surface area (Å²) in [5, 5.41) is 11.9. The van der Waals surface area contributed by atoms with Gasteiger partial charge in [0.1, 0.15) is 29.2 Å². The maximum Gasteiger partial charge on any atom is 0.417 e. The molecule has 0 saturated heterocycles. The molecule has 0 bridgehead atoms. The number of nitrogens with zero attached hydrogens (tertiary/aromatic N) is 4. The molecule has 1 aromatic heterocycles. The van der Waals surface area contributed by atoms with Gasteiger partial charge in [-0.25, -0.2) is 9.37 Å². The van der Waals surface area contributed by atoms with E-state index in [1.807, 2.05) is 0 Å². The molecule has 1 N–H and O–H groups in total. The molecule has 0 radical (unpaired) electrons. The van der Waals surface area contributed by atoms with Gasteiger partial charge < -0.3 is 10.2 Å². The van der Waals surface area contributed by atoms with Crippen LogP contribution in [0, 0.1) is 24.1 Å². The number of anilines is 2. The number of hydrogen-bond acceptors (Lipinski definition) is 5. The van der Waals surface area contributed by atoms with Gasteiger partial charge in [-0.2, -0.15) is 18.4 Å². The number of aromatic nitrogens is 1. The molecule has 3 rings (SSSR count). The average Bonchev–Trinajstić information content (AvgIpc) is 2.65. The minimum Gasteiger partial charge on any atom is -0.357 e. The van der Waals surface area contributed by atoms with E-state index < -0.39 is 35.1 Å². The van der Waals surface area contributed by atoms with Crippen LogP contribution in [-0.2, 0) is 11.0 Å². The van der Waals surface area contributed by atoms with E-state index in [1.165, 1.54) is 49.4 Å². The number of pyridine rings is 1. The zero-order valence-corrected chi connectivity index (χ0v) is 15.4. The van der Waals surface area contributed by atoms with Crippen LogP contribution in [0.3, 0.4) is 0 Å². The lowest BCUT2D eigenvalue weighted by molar-refractivity contribution is -0.137. The molecule has 1 aliphatic rings. The standard InChI is InChI=1S/C19H15F4N5O/c1-10-8-12(19(21,22)23)11(9-24)17(26-10)27-14-6-7-25-16-13(20)4-3-5-15(16)28(2)18(14)29/h3-5,7-8,14H,6H2,1-2H3,(H,26,27)/t14-/m0/s1. The van der Waals surface area contributed by atoms with Crippen molar-refractivity contribution in [2.24, 2.45) is 4.99 Å². The fourth-order valence-electron chi connectivity index (χ4n) is 3.01. The largest absolute Gasteiger partial charge is 0.417 e. The van der Waals surface area contributed by atoms with Gasteiger partial charge in [-0.15, -0.1) is 0 Å². The number of halogens is 4. The molecule has 10 heteroatoms. The molecule has 0 unspecified atom stereocenters. The van der Waals surface area contributed by atoms with E-state index in [1.54, 1.807) is 0 Å². The third-order valence-corrected chi connectivity index (χ3v) is 4.39. The number of fused-ring (bicyclic) bond motifs is 1. The third-order valence-electron chi connectivity index (χ3n) is 4.39. The highest BCUT2D eigenvalue weighted by Gasteiger charge is 2.36. The first-order valence-electron chi connectivity index (χ1n) is 8.47. The molecule has 150 valence electrons. The Balaban J connectivity index is 2.01. The number of aryl methyl sites for hydroxylation is 1. The first-order valence-corrected chi connectivity index (χ1v) is 8.47. The van der Waals surface area contributed by atoms with Crippen LogP contribution in [0.5, 0.6) is 0 Å². The zero-order chi connectivity index (χ0) is 21.3. The van der Waals surface area contributed by atoms with Gasteiger partial charge in [0, 0.05) is 25.4 Å². The van der Waals surface area contributed by atoms with Crippen LogP contribution < -0.4 is 10.2 Å². The van der Waals surface area contributed by atoms with Gasteiger partial charge in [-0.1, -0.05) is 6.07 Å². The second-order valence-corrected chi connectivity index (χ2v) is 6.39. The summed E-state index contributed by atoms with van der Waals surface area (Å²) < 4.78 is 53.9. The number of carbonyl (C=O) groups excluding carboxylic acids is 1. The number of alkyl halides is 3. The molecule has 1 aliphatic heterocycles. The lowest BCUT2D eigenvalue weighted by atomic mass is 10.1. The highest BCUT2D eigenvalue weighted by Crippen LogP contribution is 2.36. The van der Waals surface area contributed by atoms with Crippen molar-refractivity contribution in [3.8, 4) is 6.07 Å². The zero-order valence-electron chi connectivity index (χ0n) is 15.4. The molecule has 29 heavy (non-hydrogen) atoms. The number of likely N-dealkylation sites (N-methyl/N-ethyl adjacent to an activating group) is 1. The van der Waals surface area contributed by atoms with E-state index in [2.05, 4.69) is 15.3 Å². The van der Waals surface area contributed by atoms with E-state index in [0.29, 0.717) is 0 Å². The number of nitriles is 1. The Bertz CT molecular complexity index is 1040. The van der Waals surface area contributed by atoms with Crippen LogP contribution in [0.15, 0.2) is 29.3 Å². The molecule has 2 aromatic rings. The summed E-state index contributed by atoms with van der Waals surface area (Å²) in [5.74, 6) is -1.49. The minimum absolute atomic E-state index is 0.00690. The second kappa shape index (κ2) is 7.50. The van der Waals surface area contributed by atoms with Crippen molar-refractivity contribution >= 4 is 29.3 Å². The van der Waals surface area contributed by atoms with Gasteiger partial charge in [0.25, 0.3) is 0 Å². The summed E-state index contributed by atoms with van der Waals surface area (Å²) in [6.07, 6.45) is -3.50. The van der Waals surface area contributed by atoms with Crippen molar-refractivity contribution < 1.29 is 22.4 Å². The van der Waals surface area contributed by atoms with E-state index in [0.717, 1.165) is 6.07 Å². The number of para-hydroxylation sites is 1. The molecule has 2 heterocycles. The van der Waals surface area contributed by atoms with Crippen LogP contribution in [0.4, 0.5) is 34.8 Å². The van der Waals surface area contributed by atoms with Crippen LogP contribution in [-0.4, -0.2) is 30.2 Å². The van der Waals surface area contributed by atoms with Crippen LogP contribution in [0.2, 0.25) is 0 Å². The van der Waals surface area contributed by atoms with E-state index in [-0.39, 0.29) is 29.3 Å². The Labute approximate surface area is 163 Å². The smallest absolute Gasteiger partial charge is 0.357 e. The Hall–Kier alpha value is -3.48. The summed E-state index contributed by atoms with van der Waals surface area (Å²) in [7, 11) is 1.41. The predicted molar refractivity (Wildman–Crippen MR) is 98.7 cm³/mol. The first-order chi connectivity index (χ1) is 13.6. The molecule has 1 aromatic carbocycles. The normalized spacial score (nSPS) is 16.7. The number of rotatable bonds is 2. The van der Waals surface area contributed by atoms with E-state index in [4.69, 9.17) is 0 Å². The fourth-order valence-corrected chi connectivity index (χ4v) is 3.01. The Kier molecular flexibility index (Phi) is 5.24. The van der Waals surface area contributed by atoms with Crippen molar-refractivity contribution in [1.29, 1.82) is 5.26 Å². The summed E-state index contributed by atoms with van der Waals surface area (Å²) in [6.45, 7) is 1.36. The van der Waals surface area contributed by atoms with Gasteiger partial charge >= 0.3 is 6.18 Å². The number of amides is 1. The number of benzene rings is 1. The topological polar surface area (TPSA) is 81.4 Å². The second-order valence-electron chi connectivity index (χ2n) is 6.39. The van der Waals surface area contributed by atoms with Gasteiger partial charge in [0.2, 0.25) is 5.91 Å². The lowest BCUT2D eigenvalue weighted by Crippen LogP contribution is -2.42. The number of hydrogen-bond donors (Lipinski definition) is 1. The average molecular weight is 405 g/mol. The summed E-state index contributed by atoms with van der Waals surface area (Å²) in [6, 6.07) is 5.36. The van der Waals surface area contributed by atoms with E-state index >= 15 is 0 Å². The Morgan fingerprint density at radius 3 is 2.72 bits per heavy atom. The molecule has 0 spiro atoms. The first kappa shape index (κ1) is 20.3. The van der Waals surface area contributed by atoms with Gasteiger partial charge in [0.15, 0.2) is 5.82 Å². The monoisotopic (exact) mass is 405 g/mol. The van der Waals surface area contributed by atoms with Crippen LogP contribution >= 0.6 is 0 Å². The van der Waals surface area contributed by atoms with Crippen LogP contribution in [0.1, 0.15) is 23.2 Å². The van der Waals surface area contributed by atoms with Crippen molar-refractivity contribution in [1.82, 2.24) is 4.98 Å². The Morgan fingerprint density at radius 1 is 1.34 bits per heavy atom. The quantitative estimate of drug-likeness (QED) is 0.767. The molecule has 1 amide bonds. The fraction of sp³-hybridized carbons (Fsp3) is 0.263. The van der Waals surface area contributed by atoms with Crippen LogP contribution in [0.25, 0.3) is 0 Å². The maximum atomic E-state index is 14.0. The summed E-state index contributed by atoms with van der Waals surface area (Å²) >= 11 is 0. The molecule has 0 fully saturated rings. The molecular formula is C19H15F4N5O. The molecular weight excluding hydrogens is 390 g/mol. The third kappa shape index (κ3) is 3.89. The highest BCUT2D eigenvalue weighted by atomic mass is 19.4. The number of carbonyl (C=O) groups is 1. The number of nitrogens with one attached hydrogen (secondary N) is 1. The lowest BCUT2D eigenvalue weighted by Gasteiger charge is -2.27. The van der Waals surface area contributed by atoms with Crippen molar-refractivity contribution in [3.63, 3.8) is 0 Å². The van der Waals surface area contributed by atoms with Crippen molar-refractivity contribution in [2.45, 2.75) is 25.6 Å². The Morgan fingerprint density at radius 2 is 2.07 bits per heavy atom. The number of aliphatic imine (C=N–C) groups is 1. The summed E-state index contributed by atoms with van der Waals surface area (Å²) in [5.41, 5.74) is -1.60. The maximum absolute atomic E-state index is 14.0.